The number of benzene rings is 1. The minimum absolute atomic E-state index is 0.110. The summed E-state index contributed by atoms with van der Waals surface area (Å²) in [6.45, 7) is 3.49. The van der Waals surface area contributed by atoms with Crippen molar-refractivity contribution in [2.75, 3.05) is 39.5 Å². The smallest absolute Gasteiger partial charge is 0.244 e. The standard InChI is InChI=1S/C13H21BrClN3O2S/c1-4-18(7-5-6-17(2)3)21(19,20)12-9-10(15)8-11(16)13(12)14/h8-9H,4-7,16H2,1-3H3. The molecular weight excluding hydrogens is 378 g/mol. The van der Waals surface area contributed by atoms with Crippen molar-refractivity contribution >= 4 is 43.2 Å². The molecule has 0 amide bonds. The predicted molar refractivity (Wildman–Crippen MR) is 91.2 cm³/mol. The second kappa shape index (κ2) is 7.78. The van der Waals surface area contributed by atoms with Crippen molar-refractivity contribution in [3.8, 4) is 0 Å². The van der Waals surface area contributed by atoms with E-state index < -0.39 is 10.0 Å². The number of rotatable bonds is 7. The molecule has 120 valence electrons. The Morgan fingerprint density at radius 2 is 1.90 bits per heavy atom. The van der Waals surface area contributed by atoms with Gasteiger partial charge in [0, 0.05) is 23.8 Å². The molecule has 8 heteroatoms. The highest BCUT2D eigenvalue weighted by molar-refractivity contribution is 9.10. The largest absolute Gasteiger partial charge is 0.398 e. The number of anilines is 1. The molecule has 0 aliphatic carbocycles. The average Bonchev–Trinajstić information content (AvgIpc) is 2.38. The van der Waals surface area contributed by atoms with E-state index in [-0.39, 0.29) is 4.90 Å². The quantitative estimate of drug-likeness (QED) is 0.717. The molecule has 0 fully saturated rings. The van der Waals surface area contributed by atoms with Crippen LogP contribution in [0.4, 0.5) is 5.69 Å². The van der Waals surface area contributed by atoms with Gasteiger partial charge in [0.2, 0.25) is 10.0 Å². The van der Waals surface area contributed by atoms with Gasteiger partial charge >= 0.3 is 0 Å². The number of sulfonamides is 1. The summed E-state index contributed by atoms with van der Waals surface area (Å²) in [7, 11) is 0.294. The van der Waals surface area contributed by atoms with Crippen LogP contribution >= 0.6 is 27.5 Å². The lowest BCUT2D eigenvalue weighted by atomic mass is 10.3. The molecule has 1 rings (SSSR count). The number of nitrogens with two attached hydrogens (primary N) is 1. The third-order valence-corrected chi connectivity index (χ3v) is 6.38. The molecule has 0 radical (unpaired) electrons. The van der Waals surface area contributed by atoms with Gasteiger partial charge in [0.1, 0.15) is 0 Å². The fourth-order valence-corrected chi connectivity index (χ4v) is 4.66. The summed E-state index contributed by atoms with van der Waals surface area (Å²) in [4.78, 5) is 2.13. The molecule has 0 atom stereocenters. The summed E-state index contributed by atoms with van der Waals surface area (Å²) >= 11 is 9.17. The monoisotopic (exact) mass is 397 g/mol. The second-order valence-electron chi connectivity index (χ2n) is 4.96. The number of nitrogen functional groups attached to an aromatic ring is 1. The highest BCUT2D eigenvalue weighted by atomic mass is 79.9. The predicted octanol–water partition coefficient (Wildman–Crippen LogP) is 2.65. The van der Waals surface area contributed by atoms with E-state index in [9.17, 15) is 8.42 Å². The van der Waals surface area contributed by atoms with Gasteiger partial charge in [-0.3, -0.25) is 0 Å². The van der Waals surface area contributed by atoms with E-state index in [1.165, 1.54) is 16.4 Å². The van der Waals surface area contributed by atoms with Crippen LogP contribution in [0.15, 0.2) is 21.5 Å². The van der Waals surface area contributed by atoms with Gasteiger partial charge in [-0.15, -0.1) is 0 Å². The van der Waals surface area contributed by atoms with E-state index in [4.69, 9.17) is 17.3 Å². The molecule has 1 aromatic carbocycles. The maximum Gasteiger partial charge on any atom is 0.244 e. The van der Waals surface area contributed by atoms with Crippen LogP contribution in [-0.2, 0) is 10.0 Å². The summed E-state index contributed by atoms with van der Waals surface area (Å²) in [6.07, 6.45) is 0.758. The van der Waals surface area contributed by atoms with Crippen LogP contribution in [0.25, 0.3) is 0 Å². The van der Waals surface area contributed by atoms with Gasteiger partial charge in [0.15, 0.2) is 0 Å². The SMILES string of the molecule is CCN(CCCN(C)C)S(=O)(=O)c1cc(Cl)cc(N)c1Br. The maximum atomic E-state index is 12.7. The van der Waals surface area contributed by atoms with Crippen molar-refractivity contribution in [1.29, 1.82) is 0 Å². The molecule has 1 aromatic rings. The first kappa shape index (κ1) is 18.7. The molecule has 0 aromatic heterocycles. The van der Waals surface area contributed by atoms with Crippen LogP contribution < -0.4 is 5.73 Å². The highest BCUT2D eigenvalue weighted by Crippen LogP contribution is 2.33. The minimum Gasteiger partial charge on any atom is -0.398 e. The molecule has 0 unspecified atom stereocenters. The van der Waals surface area contributed by atoms with Crippen molar-refractivity contribution < 1.29 is 8.42 Å². The van der Waals surface area contributed by atoms with E-state index in [0.717, 1.165) is 13.0 Å². The third kappa shape index (κ3) is 4.82. The van der Waals surface area contributed by atoms with Crippen molar-refractivity contribution in [3.63, 3.8) is 0 Å². The topological polar surface area (TPSA) is 66.6 Å². The third-order valence-electron chi connectivity index (χ3n) is 3.02. The number of halogens is 2. The Morgan fingerprint density at radius 3 is 2.43 bits per heavy atom. The molecule has 2 N–H and O–H groups in total. The average molecular weight is 399 g/mol. The first-order valence-corrected chi connectivity index (χ1v) is 9.20. The lowest BCUT2D eigenvalue weighted by Gasteiger charge is -2.22. The molecule has 0 bridgehead atoms. The van der Waals surface area contributed by atoms with Crippen molar-refractivity contribution in [1.82, 2.24) is 9.21 Å². The fraction of sp³-hybridized carbons (Fsp3) is 0.538. The normalized spacial score (nSPS) is 12.3. The van der Waals surface area contributed by atoms with E-state index >= 15 is 0 Å². The Morgan fingerprint density at radius 1 is 1.29 bits per heavy atom. The van der Waals surface area contributed by atoms with E-state index in [0.29, 0.717) is 28.3 Å². The Balaban J connectivity index is 3.08. The minimum atomic E-state index is -3.62. The molecule has 21 heavy (non-hydrogen) atoms. The zero-order valence-electron chi connectivity index (χ0n) is 12.4. The van der Waals surface area contributed by atoms with Crippen LogP contribution in [0.5, 0.6) is 0 Å². The van der Waals surface area contributed by atoms with Gasteiger partial charge in [-0.25, -0.2) is 8.42 Å². The Hall–Kier alpha value is -0.340. The van der Waals surface area contributed by atoms with Crippen molar-refractivity contribution in [2.24, 2.45) is 0 Å². The number of hydrogen-bond donors (Lipinski definition) is 1. The van der Waals surface area contributed by atoms with Crippen LogP contribution in [0.1, 0.15) is 13.3 Å². The summed E-state index contributed by atoms with van der Waals surface area (Å²) in [5.74, 6) is 0. The zero-order chi connectivity index (χ0) is 16.2. The lowest BCUT2D eigenvalue weighted by molar-refractivity contribution is 0.356. The lowest BCUT2D eigenvalue weighted by Crippen LogP contribution is -2.33. The summed E-state index contributed by atoms with van der Waals surface area (Å²) < 4.78 is 27.3. The van der Waals surface area contributed by atoms with Crippen LogP contribution in [0.2, 0.25) is 5.02 Å². The first-order valence-electron chi connectivity index (χ1n) is 6.59. The molecule has 0 heterocycles. The van der Waals surface area contributed by atoms with Crippen LogP contribution in [0.3, 0.4) is 0 Å². The van der Waals surface area contributed by atoms with E-state index in [1.54, 1.807) is 0 Å². The summed E-state index contributed by atoms with van der Waals surface area (Å²) in [5, 5.41) is 0.304. The first-order chi connectivity index (χ1) is 9.70. The molecule has 0 aliphatic rings. The zero-order valence-corrected chi connectivity index (χ0v) is 15.6. The molecule has 0 aliphatic heterocycles. The van der Waals surface area contributed by atoms with Gasteiger partial charge in [0.05, 0.1) is 9.37 Å². The van der Waals surface area contributed by atoms with Crippen LogP contribution in [0, 0.1) is 0 Å². The molecule has 0 spiro atoms. The van der Waals surface area contributed by atoms with Crippen molar-refractivity contribution in [2.45, 2.75) is 18.2 Å². The van der Waals surface area contributed by atoms with Crippen molar-refractivity contribution in [3.05, 3.63) is 21.6 Å². The van der Waals surface area contributed by atoms with Gasteiger partial charge in [-0.1, -0.05) is 18.5 Å². The van der Waals surface area contributed by atoms with Gasteiger partial charge < -0.3 is 10.6 Å². The summed E-state index contributed by atoms with van der Waals surface area (Å²) in [6, 6.07) is 2.94. The van der Waals surface area contributed by atoms with E-state index in [2.05, 4.69) is 15.9 Å². The fourth-order valence-electron chi connectivity index (χ4n) is 1.92. The Labute approximate surface area is 140 Å². The maximum absolute atomic E-state index is 12.7. The Kier molecular flexibility index (Phi) is 6.93. The number of hydrogen-bond acceptors (Lipinski definition) is 4. The Bertz CT molecular complexity index is 593. The molecular formula is C13H21BrClN3O2S. The van der Waals surface area contributed by atoms with Gasteiger partial charge in [-0.05, 0) is 55.1 Å². The molecule has 0 saturated carbocycles. The summed E-state index contributed by atoms with van der Waals surface area (Å²) in [5.41, 5.74) is 6.09. The van der Waals surface area contributed by atoms with E-state index in [1.807, 2.05) is 25.9 Å². The number of nitrogens with zero attached hydrogens (tertiary/aromatic N) is 2. The van der Waals surface area contributed by atoms with Gasteiger partial charge in [-0.2, -0.15) is 4.31 Å². The molecule has 0 saturated heterocycles. The van der Waals surface area contributed by atoms with Gasteiger partial charge in [0.25, 0.3) is 0 Å². The second-order valence-corrected chi connectivity index (χ2v) is 8.10. The highest BCUT2D eigenvalue weighted by Gasteiger charge is 2.26. The van der Waals surface area contributed by atoms with Crippen LogP contribution in [-0.4, -0.2) is 51.4 Å². The molecule has 5 nitrogen and oxygen atoms in total.